The standard InChI is InChI=1S/C93H112F4N6O3S4/c1-9-17-23-27-29-33-39-60(37-31-25-19-11-3)55-102-77-45-64(43-71-79(62(51-98)52-99)67-47-73(94)75(96)49-69(67)85(71)104)107-89(77)92-83(102)81-66(42-41-58(15-7)35-21-13-5)88-82(87(91(81)110-92)106-57-59(16-8)36-22-14-6)84-93(109-88)90-78(103(84)56-61(38-32-26-20-12-4)40-34-30-28-24-18-10-2)46-65(108-90)44-72-80(63(53-100)54-101)68-48-74(95)76(97)50-70(68)86(72)105/h43-45,47-50,58-61,65H,9-42,46,55-57H2,1-8H3/b71-43-,72-44-. The summed E-state index contributed by atoms with van der Waals surface area (Å²) >= 11 is 6.97. The molecular weight excluding hydrogens is 1450 g/mol. The Morgan fingerprint density at radius 3 is 1.45 bits per heavy atom. The maximum atomic E-state index is 15.3. The van der Waals surface area contributed by atoms with Crippen LogP contribution in [0.4, 0.5) is 17.6 Å². The Morgan fingerprint density at radius 1 is 0.482 bits per heavy atom. The van der Waals surface area contributed by atoms with E-state index in [1.54, 1.807) is 29.2 Å². The van der Waals surface area contributed by atoms with Gasteiger partial charge in [0.2, 0.25) is 0 Å². The minimum absolute atomic E-state index is 0.00731. The summed E-state index contributed by atoms with van der Waals surface area (Å²) in [5.41, 5.74) is 5.39. The molecule has 0 saturated heterocycles. The van der Waals surface area contributed by atoms with Gasteiger partial charge in [-0.3, -0.25) is 9.59 Å². The van der Waals surface area contributed by atoms with E-state index in [4.69, 9.17) is 4.74 Å². The number of aryl methyl sites for hydroxylation is 1. The van der Waals surface area contributed by atoms with Crippen LogP contribution in [-0.2, 0) is 25.9 Å². The molecule has 11 rings (SSSR count). The molecule has 0 radical (unpaired) electrons. The first-order valence-corrected chi connectivity index (χ1v) is 45.3. The molecule has 584 valence electrons. The normalized spacial score (nSPS) is 15.9. The van der Waals surface area contributed by atoms with Gasteiger partial charge in [0.15, 0.2) is 34.8 Å². The number of carbonyl (C=O) groups is 2. The number of hydrogen-bond acceptors (Lipinski definition) is 11. The first-order valence-electron chi connectivity index (χ1n) is 42.0. The van der Waals surface area contributed by atoms with Crippen molar-refractivity contribution in [2.75, 3.05) is 6.61 Å². The van der Waals surface area contributed by atoms with Crippen LogP contribution in [0.5, 0.6) is 5.75 Å². The molecule has 0 bridgehead atoms. The van der Waals surface area contributed by atoms with Gasteiger partial charge < -0.3 is 13.9 Å². The van der Waals surface area contributed by atoms with Crippen molar-refractivity contribution >= 4 is 125 Å². The Morgan fingerprint density at radius 2 is 0.927 bits per heavy atom. The number of hydrogen-bond donors (Lipinski definition) is 0. The van der Waals surface area contributed by atoms with Crippen LogP contribution in [-0.4, -0.2) is 32.6 Å². The molecule has 5 unspecified atom stereocenters. The number of nitrogens with zero attached hydrogens (tertiary/aromatic N) is 6. The number of aromatic nitrogens is 2. The molecule has 110 heavy (non-hydrogen) atoms. The topological polar surface area (TPSA) is 148 Å². The lowest BCUT2D eigenvalue weighted by atomic mass is 9.90. The number of unbranched alkanes of at least 4 members (excludes halogenated alkanes) is 18. The predicted octanol–water partition coefficient (Wildman–Crippen LogP) is 28.9. The van der Waals surface area contributed by atoms with Gasteiger partial charge in [0.25, 0.3) is 0 Å². The summed E-state index contributed by atoms with van der Waals surface area (Å²) in [5.74, 6) is -3.42. The van der Waals surface area contributed by atoms with Crippen LogP contribution in [0, 0.1) is 92.3 Å². The maximum Gasteiger partial charge on any atom is 0.194 e. The van der Waals surface area contributed by atoms with E-state index in [0.29, 0.717) is 36.7 Å². The molecule has 5 aromatic heterocycles. The molecule has 0 spiro atoms. The lowest BCUT2D eigenvalue weighted by molar-refractivity contribution is 0.103. The van der Waals surface area contributed by atoms with E-state index in [9.17, 15) is 30.6 Å². The average molecular weight is 1570 g/mol. The van der Waals surface area contributed by atoms with Crippen molar-refractivity contribution < 1.29 is 31.9 Å². The Hall–Kier alpha value is -7.25. The lowest BCUT2D eigenvalue weighted by Crippen LogP contribution is -2.15. The number of thiophene rings is 3. The van der Waals surface area contributed by atoms with Crippen molar-refractivity contribution in [2.45, 2.75) is 303 Å². The fourth-order valence-electron chi connectivity index (χ4n) is 17.6. The van der Waals surface area contributed by atoms with Crippen LogP contribution < -0.4 is 4.74 Å². The van der Waals surface area contributed by atoms with Crippen molar-refractivity contribution in [3.8, 4) is 30.0 Å². The summed E-state index contributed by atoms with van der Waals surface area (Å²) in [6.07, 6.45) is 42.4. The minimum Gasteiger partial charge on any atom is -0.491 e. The third kappa shape index (κ3) is 18.2. The van der Waals surface area contributed by atoms with Crippen molar-refractivity contribution in [1.29, 1.82) is 21.0 Å². The summed E-state index contributed by atoms with van der Waals surface area (Å²) < 4.78 is 79.7. The van der Waals surface area contributed by atoms with E-state index in [2.05, 4.69) is 70.6 Å². The molecule has 0 saturated carbocycles. The van der Waals surface area contributed by atoms with E-state index < -0.39 is 34.8 Å². The quantitative estimate of drug-likeness (QED) is 0.0159. The number of rotatable bonds is 44. The van der Waals surface area contributed by atoms with E-state index in [1.165, 1.54) is 114 Å². The number of benzene rings is 3. The summed E-state index contributed by atoms with van der Waals surface area (Å²) in [7, 11) is 0. The van der Waals surface area contributed by atoms with Gasteiger partial charge >= 0.3 is 0 Å². The zero-order valence-electron chi connectivity index (χ0n) is 66.4. The molecule has 0 amide bonds. The highest BCUT2D eigenvalue weighted by Crippen LogP contribution is 2.59. The van der Waals surface area contributed by atoms with Gasteiger partial charge in [-0.15, -0.1) is 45.8 Å². The highest BCUT2D eigenvalue weighted by atomic mass is 32.2. The molecule has 3 aliphatic rings. The Labute approximate surface area is 666 Å². The number of allylic oxidation sites excluding steroid dienone is 6. The lowest BCUT2D eigenvalue weighted by Gasteiger charge is -2.22. The number of halogens is 4. The number of Topliss-reactive ketones (excluding diaryl/α,β-unsaturated/α-hetero) is 2. The molecule has 3 aromatic carbocycles. The van der Waals surface area contributed by atoms with Crippen LogP contribution in [0.15, 0.2) is 63.6 Å². The SMILES string of the molecule is CCCCCCCCC(CCCCCC)Cn1c2c(c3sc4c(CCC(CC)CCCC)c5c(sc6c7sc(/C=C8\C(=O)c9cc(F)c(F)cc9C8=C(C#N)C#N)cc7n(CC(CCCCCC)CCCCCCCC)c65)c(OCC(CC)CCCC)c4c31)SC(/C=C1\C(=O)c3cc(F)c(F)cc3C1=C(C#N)C#N)C2. The Kier molecular flexibility index (Phi) is 30.4. The molecule has 0 N–H and O–H groups in total. The van der Waals surface area contributed by atoms with Gasteiger partial charge in [-0.2, -0.15) is 21.0 Å². The van der Waals surface area contributed by atoms with E-state index in [-0.39, 0.29) is 60.9 Å². The largest absolute Gasteiger partial charge is 0.491 e. The van der Waals surface area contributed by atoms with Gasteiger partial charge in [-0.05, 0) is 122 Å². The third-order valence-corrected chi connectivity index (χ3v) is 28.9. The van der Waals surface area contributed by atoms with Crippen LogP contribution in [0.3, 0.4) is 0 Å². The van der Waals surface area contributed by atoms with Crippen molar-refractivity contribution in [2.24, 2.45) is 23.7 Å². The van der Waals surface area contributed by atoms with Crippen molar-refractivity contribution in [1.82, 2.24) is 9.13 Å². The fraction of sp³-hybridized carbons (Fsp3) is 0.548. The highest BCUT2D eigenvalue weighted by Gasteiger charge is 2.40. The first kappa shape index (κ1) is 83.7. The second kappa shape index (κ2) is 40.0. The second-order valence-corrected chi connectivity index (χ2v) is 36.0. The summed E-state index contributed by atoms with van der Waals surface area (Å²) in [5, 5.41) is 43.8. The molecular formula is C93H112F4N6O3S4. The van der Waals surface area contributed by atoms with Gasteiger partial charge in [-0.1, -0.05) is 235 Å². The summed E-state index contributed by atoms with van der Waals surface area (Å²) in [6.45, 7) is 20.3. The monoisotopic (exact) mass is 1560 g/mol. The maximum absolute atomic E-state index is 15.3. The molecule has 9 nitrogen and oxygen atoms in total. The molecule has 6 heterocycles. The average Bonchev–Trinajstić information content (AvgIpc) is 1.52. The number of carbonyl (C=O) groups excluding carboxylic acids is 2. The third-order valence-electron chi connectivity index (χ3n) is 23.9. The Balaban J connectivity index is 1.22. The molecule has 1 aliphatic heterocycles. The van der Waals surface area contributed by atoms with Crippen molar-refractivity contribution in [3.05, 3.63) is 120 Å². The number of nitriles is 4. The summed E-state index contributed by atoms with van der Waals surface area (Å²) in [4.78, 5) is 31.3. The van der Waals surface area contributed by atoms with Crippen LogP contribution >= 0.6 is 45.8 Å². The Bertz CT molecular complexity index is 4930. The van der Waals surface area contributed by atoms with Crippen LogP contribution in [0.25, 0.3) is 68.0 Å². The van der Waals surface area contributed by atoms with Gasteiger partial charge in [0.1, 0.15) is 41.2 Å². The van der Waals surface area contributed by atoms with E-state index in [0.717, 1.165) is 219 Å². The van der Waals surface area contributed by atoms with Gasteiger partial charge in [0, 0.05) is 83.7 Å². The first-order chi connectivity index (χ1) is 53.6. The molecule has 0 fully saturated rings. The van der Waals surface area contributed by atoms with E-state index >= 15 is 17.6 Å². The fourth-order valence-corrected chi connectivity index (χ4v) is 23.1. The van der Waals surface area contributed by atoms with Gasteiger partial charge in [0.05, 0.1) is 47.3 Å². The minimum atomic E-state index is -1.18. The highest BCUT2D eigenvalue weighted by molar-refractivity contribution is 8.00. The predicted molar refractivity (Wildman–Crippen MR) is 452 cm³/mol. The van der Waals surface area contributed by atoms with Crippen LogP contribution in [0.1, 0.15) is 315 Å². The molecule has 17 heteroatoms. The molecule has 2 aliphatic carbocycles. The van der Waals surface area contributed by atoms with Gasteiger partial charge in [-0.25, -0.2) is 17.6 Å². The van der Waals surface area contributed by atoms with Crippen LogP contribution in [0.2, 0.25) is 0 Å². The van der Waals surface area contributed by atoms with E-state index in [1.807, 2.05) is 53.0 Å². The number of ketones is 2. The van der Waals surface area contributed by atoms with Crippen molar-refractivity contribution in [3.63, 3.8) is 0 Å². The number of fused-ring (bicyclic) bond motifs is 12. The molecule has 5 atom stereocenters. The summed E-state index contributed by atoms with van der Waals surface area (Å²) in [6, 6.07) is 13.8. The number of thioether (sulfide) groups is 1. The number of ether oxygens (including phenoxy) is 1. The zero-order valence-corrected chi connectivity index (χ0v) is 69.6. The second-order valence-electron chi connectivity index (χ2n) is 31.6. The molecule has 8 aromatic rings. The zero-order chi connectivity index (χ0) is 78.1. The smallest absolute Gasteiger partial charge is 0.194 e.